The normalized spacial score (nSPS) is 11.0. The Morgan fingerprint density at radius 1 is 1.14 bits per heavy atom. The lowest BCUT2D eigenvalue weighted by molar-refractivity contribution is 0.0473. The molecule has 6 heteroatoms. The van der Waals surface area contributed by atoms with Crippen LogP contribution in [-0.2, 0) is 21.4 Å². The standard InChI is InChI=1S/C16H17NO4S/c1-12-6-8-13(9-7-12)11-21-16(18)14-4-3-5-15(10-14)17-22(2,19)20/h3-10,17H,11H2,1-2H3. The molecule has 2 aromatic rings. The third-order valence-corrected chi connectivity index (χ3v) is 3.50. The molecule has 0 aliphatic heterocycles. The summed E-state index contributed by atoms with van der Waals surface area (Å²) in [6, 6.07) is 13.9. The van der Waals surface area contributed by atoms with Crippen LogP contribution < -0.4 is 4.72 Å². The first-order valence-corrected chi connectivity index (χ1v) is 8.53. The summed E-state index contributed by atoms with van der Waals surface area (Å²) < 4.78 is 29.9. The third-order valence-electron chi connectivity index (χ3n) is 2.89. The zero-order valence-electron chi connectivity index (χ0n) is 12.4. The van der Waals surface area contributed by atoms with E-state index in [9.17, 15) is 13.2 Å². The van der Waals surface area contributed by atoms with Gasteiger partial charge >= 0.3 is 5.97 Å². The molecular formula is C16H17NO4S. The van der Waals surface area contributed by atoms with E-state index in [2.05, 4.69) is 4.72 Å². The van der Waals surface area contributed by atoms with E-state index < -0.39 is 16.0 Å². The molecule has 0 aliphatic rings. The van der Waals surface area contributed by atoms with Gasteiger partial charge in [0.05, 0.1) is 11.8 Å². The predicted molar refractivity (Wildman–Crippen MR) is 85.2 cm³/mol. The number of hydrogen-bond acceptors (Lipinski definition) is 4. The number of benzene rings is 2. The SMILES string of the molecule is Cc1ccc(COC(=O)c2cccc(NS(C)(=O)=O)c2)cc1. The van der Waals surface area contributed by atoms with Gasteiger partial charge in [0.2, 0.25) is 10.0 Å². The highest BCUT2D eigenvalue weighted by Crippen LogP contribution is 2.14. The van der Waals surface area contributed by atoms with Crippen LogP contribution in [0.5, 0.6) is 0 Å². The number of carbonyl (C=O) groups is 1. The van der Waals surface area contributed by atoms with Crippen LogP contribution in [0.4, 0.5) is 5.69 Å². The number of aryl methyl sites for hydroxylation is 1. The summed E-state index contributed by atoms with van der Waals surface area (Å²) in [4.78, 5) is 12.0. The fraction of sp³-hybridized carbons (Fsp3) is 0.188. The van der Waals surface area contributed by atoms with E-state index in [0.717, 1.165) is 17.4 Å². The molecule has 0 atom stereocenters. The largest absolute Gasteiger partial charge is 0.457 e. The molecule has 0 aromatic heterocycles. The number of ether oxygens (including phenoxy) is 1. The van der Waals surface area contributed by atoms with Gasteiger partial charge in [0, 0.05) is 5.69 Å². The Hall–Kier alpha value is -2.34. The van der Waals surface area contributed by atoms with Crippen molar-refractivity contribution in [3.05, 3.63) is 65.2 Å². The molecule has 0 amide bonds. The van der Waals surface area contributed by atoms with Gasteiger partial charge < -0.3 is 4.74 Å². The predicted octanol–water partition coefficient (Wildman–Crippen LogP) is 2.72. The van der Waals surface area contributed by atoms with Crippen molar-refractivity contribution >= 4 is 21.7 Å². The molecule has 0 aliphatic carbocycles. The first-order chi connectivity index (χ1) is 10.3. The fourth-order valence-corrected chi connectivity index (χ4v) is 2.40. The lowest BCUT2D eigenvalue weighted by Crippen LogP contribution is -2.11. The Morgan fingerprint density at radius 3 is 2.45 bits per heavy atom. The van der Waals surface area contributed by atoms with Gasteiger partial charge in [0.15, 0.2) is 0 Å². The number of esters is 1. The Balaban J connectivity index is 2.03. The van der Waals surface area contributed by atoms with E-state index in [1.54, 1.807) is 18.2 Å². The highest BCUT2D eigenvalue weighted by molar-refractivity contribution is 7.92. The van der Waals surface area contributed by atoms with Gasteiger partial charge in [-0.15, -0.1) is 0 Å². The van der Waals surface area contributed by atoms with Crippen LogP contribution in [-0.4, -0.2) is 20.6 Å². The van der Waals surface area contributed by atoms with E-state index >= 15 is 0 Å². The fourth-order valence-electron chi connectivity index (χ4n) is 1.84. The molecule has 0 fully saturated rings. The molecule has 5 nitrogen and oxygen atoms in total. The molecule has 1 N–H and O–H groups in total. The lowest BCUT2D eigenvalue weighted by Gasteiger charge is -2.08. The van der Waals surface area contributed by atoms with Crippen molar-refractivity contribution in [2.45, 2.75) is 13.5 Å². The van der Waals surface area contributed by atoms with Crippen LogP contribution in [0.25, 0.3) is 0 Å². The molecule has 0 radical (unpaired) electrons. The number of nitrogens with one attached hydrogen (secondary N) is 1. The van der Waals surface area contributed by atoms with Crippen molar-refractivity contribution < 1.29 is 17.9 Å². The Labute approximate surface area is 130 Å². The van der Waals surface area contributed by atoms with Crippen LogP contribution in [0.15, 0.2) is 48.5 Å². The molecule has 116 valence electrons. The minimum Gasteiger partial charge on any atom is -0.457 e. The highest BCUT2D eigenvalue weighted by Gasteiger charge is 2.09. The zero-order chi connectivity index (χ0) is 16.2. The van der Waals surface area contributed by atoms with Gasteiger partial charge in [0.25, 0.3) is 0 Å². The van der Waals surface area contributed by atoms with Crippen molar-refractivity contribution in [2.75, 3.05) is 11.0 Å². The number of sulfonamides is 1. The van der Waals surface area contributed by atoms with Crippen molar-refractivity contribution in [3.8, 4) is 0 Å². The summed E-state index contributed by atoms with van der Waals surface area (Å²) in [5.74, 6) is -0.502. The zero-order valence-corrected chi connectivity index (χ0v) is 13.2. The molecule has 0 saturated heterocycles. The monoisotopic (exact) mass is 319 g/mol. The van der Waals surface area contributed by atoms with E-state index in [1.165, 1.54) is 6.07 Å². The average Bonchev–Trinajstić information content (AvgIpc) is 2.45. The Morgan fingerprint density at radius 2 is 1.82 bits per heavy atom. The molecule has 0 saturated carbocycles. The summed E-state index contributed by atoms with van der Waals surface area (Å²) in [7, 11) is -3.38. The van der Waals surface area contributed by atoms with Crippen molar-refractivity contribution in [2.24, 2.45) is 0 Å². The van der Waals surface area contributed by atoms with E-state index in [4.69, 9.17) is 4.74 Å². The maximum atomic E-state index is 12.0. The lowest BCUT2D eigenvalue weighted by atomic mass is 10.1. The summed E-state index contributed by atoms with van der Waals surface area (Å²) >= 11 is 0. The van der Waals surface area contributed by atoms with Gasteiger partial charge in [-0.05, 0) is 30.7 Å². The molecular weight excluding hydrogens is 302 g/mol. The van der Waals surface area contributed by atoms with E-state index in [-0.39, 0.29) is 6.61 Å². The molecule has 2 rings (SSSR count). The minimum absolute atomic E-state index is 0.169. The van der Waals surface area contributed by atoms with Gasteiger partial charge in [-0.3, -0.25) is 4.72 Å². The average molecular weight is 319 g/mol. The molecule has 2 aromatic carbocycles. The van der Waals surface area contributed by atoms with Gasteiger partial charge in [0.1, 0.15) is 6.61 Å². The smallest absolute Gasteiger partial charge is 0.338 e. The summed E-state index contributed by atoms with van der Waals surface area (Å²) in [5.41, 5.74) is 2.65. The quantitative estimate of drug-likeness (QED) is 0.860. The second-order valence-corrected chi connectivity index (χ2v) is 6.77. The molecule has 0 heterocycles. The van der Waals surface area contributed by atoms with Crippen LogP contribution in [0, 0.1) is 6.92 Å². The van der Waals surface area contributed by atoms with Crippen molar-refractivity contribution in [3.63, 3.8) is 0 Å². The number of carbonyl (C=O) groups excluding carboxylic acids is 1. The minimum atomic E-state index is -3.38. The Bertz CT molecular complexity index is 767. The van der Waals surface area contributed by atoms with Gasteiger partial charge in [-0.2, -0.15) is 0 Å². The highest BCUT2D eigenvalue weighted by atomic mass is 32.2. The summed E-state index contributed by atoms with van der Waals surface area (Å²) in [5, 5.41) is 0. The summed E-state index contributed by atoms with van der Waals surface area (Å²) in [6.45, 7) is 2.15. The molecule has 22 heavy (non-hydrogen) atoms. The van der Waals surface area contributed by atoms with Gasteiger partial charge in [-0.1, -0.05) is 35.9 Å². The number of rotatable bonds is 5. The van der Waals surface area contributed by atoms with Crippen LogP contribution >= 0.6 is 0 Å². The maximum Gasteiger partial charge on any atom is 0.338 e. The first kappa shape index (κ1) is 16.0. The maximum absolute atomic E-state index is 12.0. The Kier molecular flexibility index (Phi) is 4.82. The summed E-state index contributed by atoms with van der Waals surface area (Å²) in [6.07, 6.45) is 1.05. The number of hydrogen-bond donors (Lipinski definition) is 1. The molecule has 0 unspecified atom stereocenters. The second-order valence-electron chi connectivity index (χ2n) is 5.02. The first-order valence-electron chi connectivity index (χ1n) is 6.64. The van der Waals surface area contributed by atoms with Crippen LogP contribution in [0.3, 0.4) is 0 Å². The molecule has 0 spiro atoms. The van der Waals surface area contributed by atoms with Crippen molar-refractivity contribution in [1.82, 2.24) is 0 Å². The van der Waals surface area contributed by atoms with Crippen LogP contribution in [0.1, 0.15) is 21.5 Å². The third kappa shape index (κ3) is 4.89. The number of anilines is 1. The molecule has 0 bridgehead atoms. The van der Waals surface area contributed by atoms with Gasteiger partial charge in [-0.25, -0.2) is 13.2 Å². The second kappa shape index (κ2) is 6.62. The van der Waals surface area contributed by atoms with Crippen molar-refractivity contribution in [1.29, 1.82) is 0 Å². The van der Waals surface area contributed by atoms with Crippen LogP contribution in [0.2, 0.25) is 0 Å². The van der Waals surface area contributed by atoms with E-state index in [1.807, 2.05) is 31.2 Å². The van der Waals surface area contributed by atoms with E-state index in [0.29, 0.717) is 11.3 Å². The topological polar surface area (TPSA) is 72.5 Å².